The Balaban J connectivity index is 1.74. The third-order valence-electron chi connectivity index (χ3n) is 2.88. The first-order valence-corrected chi connectivity index (χ1v) is 7.13. The lowest BCUT2D eigenvalue weighted by Crippen LogP contribution is -2.11. The van der Waals surface area contributed by atoms with Gasteiger partial charge in [-0.1, -0.05) is 12.1 Å². The Morgan fingerprint density at radius 3 is 2.62 bits per heavy atom. The van der Waals surface area contributed by atoms with Crippen LogP contribution in [-0.4, -0.2) is 15.9 Å². The average molecular weight is 296 g/mol. The van der Waals surface area contributed by atoms with Crippen LogP contribution >= 0.6 is 11.3 Å². The van der Waals surface area contributed by atoms with E-state index in [1.54, 1.807) is 18.3 Å². The second-order valence-electron chi connectivity index (χ2n) is 4.34. The summed E-state index contributed by atoms with van der Waals surface area (Å²) in [6, 6.07) is 10.9. The van der Waals surface area contributed by atoms with E-state index in [-0.39, 0.29) is 5.91 Å². The molecule has 0 atom stereocenters. The van der Waals surface area contributed by atoms with Crippen molar-refractivity contribution in [3.8, 4) is 11.3 Å². The maximum atomic E-state index is 12.0. The van der Waals surface area contributed by atoms with Crippen molar-refractivity contribution in [2.75, 3.05) is 11.1 Å². The molecule has 0 aliphatic rings. The Bertz CT molecular complexity index is 753. The summed E-state index contributed by atoms with van der Waals surface area (Å²) < 4.78 is 0. The Morgan fingerprint density at radius 2 is 2.00 bits per heavy atom. The number of nitrogen functional groups attached to an aromatic ring is 1. The van der Waals surface area contributed by atoms with Crippen molar-refractivity contribution >= 4 is 28.1 Å². The van der Waals surface area contributed by atoms with Gasteiger partial charge in [0.1, 0.15) is 0 Å². The minimum Gasteiger partial charge on any atom is -0.375 e. The summed E-state index contributed by atoms with van der Waals surface area (Å²) in [7, 11) is 0. The lowest BCUT2D eigenvalue weighted by atomic mass is 10.1. The Kier molecular flexibility index (Phi) is 3.61. The molecule has 0 bridgehead atoms. The molecule has 2 aromatic heterocycles. The number of aromatic nitrogens is 2. The van der Waals surface area contributed by atoms with Gasteiger partial charge in [0, 0.05) is 29.0 Å². The molecular formula is C15H12N4OS. The van der Waals surface area contributed by atoms with Gasteiger partial charge in [0.25, 0.3) is 5.91 Å². The zero-order chi connectivity index (χ0) is 14.7. The molecule has 2 heterocycles. The fourth-order valence-electron chi connectivity index (χ4n) is 1.84. The highest BCUT2D eigenvalue weighted by atomic mass is 32.1. The zero-order valence-corrected chi connectivity index (χ0v) is 11.8. The summed E-state index contributed by atoms with van der Waals surface area (Å²) in [5.41, 5.74) is 8.66. The smallest absolute Gasteiger partial charge is 0.257 e. The number of nitrogens with zero attached hydrogens (tertiary/aromatic N) is 2. The van der Waals surface area contributed by atoms with Gasteiger partial charge in [0.2, 0.25) is 0 Å². The first-order valence-electron chi connectivity index (χ1n) is 6.25. The molecule has 6 heteroatoms. The van der Waals surface area contributed by atoms with E-state index in [0.717, 1.165) is 16.9 Å². The van der Waals surface area contributed by atoms with Crippen LogP contribution in [0.2, 0.25) is 0 Å². The third kappa shape index (κ3) is 3.06. The summed E-state index contributed by atoms with van der Waals surface area (Å²) in [6.45, 7) is 0. The van der Waals surface area contributed by atoms with Crippen LogP contribution in [0.15, 0.2) is 54.2 Å². The molecule has 1 amide bonds. The predicted octanol–water partition coefficient (Wildman–Crippen LogP) is 3.04. The molecule has 0 saturated heterocycles. The normalized spacial score (nSPS) is 10.3. The highest BCUT2D eigenvalue weighted by Gasteiger charge is 2.06. The van der Waals surface area contributed by atoms with Gasteiger partial charge in [-0.2, -0.15) is 0 Å². The van der Waals surface area contributed by atoms with E-state index in [0.29, 0.717) is 10.7 Å². The van der Waals surface area contributed by atoms with Crippen LogP contribution < -0.4 is 11.1 Å². The third-order valence-corrected chi connectivity index (χ3v) is 3.56. The van der Waals surface area contributed by atoms with Gasteiger partial charge in [-0.25, -0.2) is 4.98 Å². The number of carbonyl (C=O) groups excluding carboxylic acids is 1. The number of carbonyl (C=O) groups is 1. The van der Waals surface area contributed by atoms with Crippen LogP contribution in [-0.2, 0) is 0 Å². The van der Waals surface area contributed by atoms with Crippen molar-refractivity contribution in [3.63, 3.8) is 0 Å². The Morgan fingerprint density at radius 1 is 1.19 bits per heavy atom. The van der Waals surface area contributed by atoms with E-state index < -0.39 is 0 Å². The summed E-state index contributed by atoms with van der Waals surface area (Å²) in [6.07, 6.45) is 3.16. The molecule has 0 spiro atoms. The predicted molar refractivity (Wildman–Crippen MR) is 84.2 cm³/mol. The van der Waals surface area contributed by atoms with Crippen LogP contribution in [0.25, 0.3) is 11.3 Å². The molecule has 21 heavy (non-hydrogen) atoms. The molecule has 3 aromatic rings. The van der Waals surface area contributed by atoms with E-state index in [1.807, 2.05) is 29.6 Å². The molecule has 0 aliphatic heterocycles. The first kappa shape index (κ1) is 13.3. The lowest BCUT2D eigenvalue weighted by molar-refractivity contribution is 0.102. The molecule has 1 aromatic carbocycles. The van der Waals surface area contributed by atoms with Gasteiger partial charge < -0.3 is 11.1 Å². The van der Waals surface area contributed by atoms with E-state index in [9.17, 15) is 4.79 Å². The minimum absolute atomic E-state index is 0.186. The van der Waals surface area contributed by atoms with Gasteiger partial charge in [-0.05, 0) is 24.3 Å². The Labute approximate surface area is 125 Å². The van der Waals surface area contributed by atoms with Crippen LogP contribution in [0.1, 0.15) is 10.4 Å². The first-order chi connectivity index (χ1) is 10.2. The number of nitrogens with two attached hydrogens (primary N) is 1. The largest absolute Gasteiger partial charge is 0.375 e. The van der Waals surface area contributed by atoms with Crippen LogP contribution in [0.5, 0.6) is 0 Å². The number of rotatable bonds is 3. The number of nitrogens with one attached hydrogen (secondary N) is 1. The summed E-state index contributed by atoms with van der Waals surface area (Å²) in [5, 5.41) is 5.26. The van der Waals surface area contributed by atoms with Crippen LogP contribution in [0.3, 0.4) is 0 Å². The van der Waals surface area contributed by atoms with Gasteiger partial charge in [-0.15, -0.1) is 11.3 Å². The maximum Gasteiger partial charge on any atom is 0.257 e. The van der Waals surface area contributed by atoms with Crippen molar-refractivity contribution in [2.45, 2.75) is 0 Å². The average Bonchev–Trinajstić information content (AvgIpc) is 2.95. The van der Waals surface area contributed by atoms with Gasteiger partial charge in [-0.3, -0.25) is 9.78 Å². The van der Waals surface area contributed by atoms with Crippen molar-refractivity contribution in [3.05, 3.63) is 59.7 Å². The summed E-state index contributed by atoms with van der Waals surface area (Å²) >= 11 is 1.40. The lowest BCUT2D eigenvalue weighted by Gasteiger charge is -2.05. The molecular weight excluding hydrogens is 284 g/mol. The second-order valence-corrected chi connectivity index (χ2v) is 5.23. The van der Waals surface area contributed by atoms with Crippen molar-refractivity contribution in [1.29, 1.82) is 0 Å². The van der Waals surface area contributed by atoms with Crippen LogP contribution in [0, 0.1) is 0 Å². The van der Waals surface area contributed by atoms with Crippen molar-refractivity contribution in [2.24, 2.45) is 0 Å². The fraction of sp³-hybridized carbons (Fsp3) is 0. The number of anilines is 2. The topological polar surface area (TPSA) is 80.9 Å². The maximum absolute atomic E-state index is 12.0. The molecule has 0 fully saturated rings. The van der Waals surface area contributed by atoms with Gasteiger partial charge >= 0.3 is 0 Å². The van der Waals surface area contributed by atoms with Crippen molar-refractivity contribution < 1.29 is 4.79 Å². The molecule has 0 aliphatic carbocycles. The van der Waals surface area contributed by atoms with E-state index in [2.05, 4.69) is 15.3 Å². The number of thiazole rings is 1. The molecule has 3 rings (SSSR count). The van der Waals surface area contributed by atoms with Gasteiger partial charge in [0.05, 0.1) is 11.3 Å². The SMILES string of the molecule is Nc1nc(-c2ccc(NC(=O)c3cccnc3)cc2)cs1. The molecule has 3 N–H and O–H groups in total. The van der Waals surface area contributed by atoms with Gasteiger partial charge in [0.15, 0.2) is 5.13 Å². The highest BCUT2D eigenvalue weighted by Crippen LogP contribution is 2.24. The molecule has 0 unspecified atom stereocenters. The monoisotopic (exact) mass is 296 g/mol. The van der Waals surface area contributed by atoms with E-state index >= 15 is 0 Å². The van der Waals surface area contributed by atoms with Crippen LogP contribution in [0.4, 0.5) is 10.8 Å². The molecule has 5 nitrogen and oxygen atoms in total. The highest BCUT2D eigenvalue weighted by molar-refractivity contribution is 7.13. The fourth-order valence-corrected chi connectivity index (χ4v) is 2.42. The standard InChI is InChI=1S/C15H12N4OS/c16-15-19-13(9-21-15)10-3-5-12(6-4-10)18-14(20)11-2-1-7-17-8-11/h1-9H,(H2,16,19)(H,18,20). The quantitative estimate of drug-likeness (QED) is 0.778. The summed E-state index contributed by atoms with van der Waals surface area (Å²) in [4.78, 5) is 20.1. The zero-order valence-electron chi connectivity index (χ0n) is 11.0. The summed E-state index contributed by atoms with van der Waals surface area (Å²) in [5.74, 6) is -0.186. The number of pyridine rings is 1. The minimum atomic E-state index is -0.186. The second kappa shape index (κ2) is 5.72. The number of hydrogen-bond donors (Lipinski definition) is 2. The molecule has 104 valence electrons. The van der Waals surface area contributed by atoms with E-state index in [1.165, 1.54) is 17.5 Å². The van der Waals surface area contributed by atoms with Crippen molar-refractivity contribution in [1.82, 2.24) is 9.97 Å². The number of hydrogen-bond acceptors (Lipinski definition) is 5. The Hall–Kier alpha value is -2.73. The molecule has 0 radical (unpaired) electrons. The molecule has 0 saturated carbocycles. The van der Waals surface area contributed by atoms with E-state index in [4.69, 9.17) is 5.73 Å². The number of benzene rings is 1. The number of amides is 1.